The Morgan fingerprint density at radius 1 is 1.30 bits per heavy atom. The number of halogens is 1. The molecule has 0 amide bonds. The van der Waals surface area contributed by atoms with Crippen LogP contribution >= 0.6 is 0 Å². The number of nitrogens with one attached hydrogen (secondary N) is 1. The van der Waals surface area contributed by atoms with Crippen molar-refractivity contribution >= 4 is 11.6 Å². The van der Waals surface area contributed by atoms with Gasteiger partial charge in [0.2, 0.25) is 0 Å². The summed E-state index contributed by atoms with van der Waals surface area (Å²) >= 11 is 0. The van der Waals surface area contributed by atoms with Gasteiger partial charge < -0.3 is 24.3 Å². The molecule has 1 aromatic carbocycles. The fourth-order valence-electron chi connectivity index (χ4n) is 5.90. The highest BCUT2D eigenvalue weighted by Gasteiger charge is 2.36. The Morgan fingerprint density at radius 2 is 2.15 bits per heavy atom. The molecule has 2 aromatic rings. The molecule has 2 saturated heterocycles. The summed E-state index contributed by atoms with van der Waals surface area (Å²) in [6.45, 7) is 7.95. The normalized spacial score (nSPS) is 20.9. The van der Waals surface area contributed by atoms with Crippen LogP contribution in [0.4, 0.5) is 10.2 Å². The SMILES string of the molecule is COc1cc(CCCCO[C@@H]2CCN([C@H](C(C)=O)c3cc(F)ccc3COC3(C)COC3)C2)nc2c1CCCN2. The van der Waals surface area contributed by atoms with Crippen molar-refractivity contribution < 1.29 is 28.1 Å². The minimum absolute atomic E-state index is 0.00634. The van der Waals surface area contributed by atoms with E-state index < -0.39 is 6.04 Å². The molecule has 3 aliphatic rings. The quantitative estimate of drug-likeness (QED) is 0.358. The zero-order chi connectivity index (χ0) is 28.1. The number of aryl methyl sites for hydroxylation is 1. The van der Waals surface area contributed by atoms with E-state index in [-0.39, 0.29) is 23.3 Å². The molecule has 218 valence electrons. The van der Waals surface area contributed by atoms with Crippen molar-refractivity contribution in [2.45, 2.75) is 76.7 Å². The van der Waals surface area contributed by atoms with Crippen LogP contribution in [0.3, 0.4) is 0 Å². The smallest absolute Gasteiger partial charge is 0.151 e. The van der Waals surface area contributed by atoms with E-state index in [0.717, 1.165) is 74.4 Å². The molecule has 0 bridgehead atoms. The largest absolute Gasteiger partial charge is 0.496 e. The van der Waals surface area contributed by atoms with E-state index in [2.05, 4.69) is 16.3 Å². The maximum atomic E-state index is 14.3. The van der Waals surface area contributed by atoms with Gasteiger partial charge in [0.25, 0.3) is 0 Å². The number of rotatable bonds is 13. The van der Waals surface area contributed by atoms with E-state index in [0.29, 0.717) is 38.5 Å². The van der Waals surface area contributed by atoms with E-state index in [1.165, 1.54) is 17.7 Å². The van der Waals surface area contributed by atoms with Gasteiger partial charge in [0.05, 0.1) is 39.1 Å². The second-order valence-corrected chi connectivity index (χ2v) is 11.5. The van der Waals surface area contributed by atoms with Crippen LogP contribution in [-0.2, 0) is 38.5 Å². The summed E-state index contributed by atoms with van der Waals surface area (Å²) < 4.78 is 37.5. The number of likely N-dealkylation sites (tertiary alicyclic amines) is 1. The third-order valence-electron chi connectivity index (χ3n) is 8.15. The van der Waals surface area contributed by atoms with E-state index >= 15 is 0 Å². The molecule has 4 heterocycles. The van der Waals surface area contributed by atoms with Crippen LogP contribution in [0.5, 0.6) is 5.75 Å². The Bertz CT molecular complexity index is 1170. The van der Waals surface area contributed by atoms with Gasteiger partial charge >= 0.3 is 0 Å². The van der Waals surface area contributed by atoms with Gasteiger partial charge in [0.15, 0.2) is 5.78 Å². The second-order valence-electron chi connectivity index (χ2n) is 11.5. The summed E-state index contributed by atoms with van der Waals surface area (Å²) in [5.74, 6) is 1.53. The fraction of sp³-hybridized carbons (Fsp3) is 0.613. The first-order valence-corrected chi connectivity index (χ1v) is 14.5. The Hall–Kier alpha value is -2.59. The second kappa shape index (κ2) is 12.9. The Kier molecular flexibility index (Phi) is 9.35. The fourth-order valence-corrected chi connectivity index (χ4v) is 5.90. The number of ether oxygens (including phenoxy) is 4. The molecule has 0 saturated carbocycles. The van der Waals surface area contributed by atoms with Gasteiger partial charge in [0.1, 0.15) is 23.0 Å². The summed E-state index contributed by atoms with van der Waals surface area (Å²) in [5.41, 5.74) is 3.40. The molecule has 40 heavy (non-hydrogen) atoms. The topological polar surface area (TPSA) is 82.2 Å². The number of ketones is 1. The van der Waals surface area contributed by atoms with Crippen LogP contribution in [0.25, 0.3) is 0 Å². The van der Waals surface area contributed by atoms with Crippen LogP contribution in [0.2, 0.25) is 0 Å². The zero-order valence-electron chi connectivity index (χ0n) is 24.0. The predicted octanol–water partition coefficient (Wildman–Crippen LogP) is 4.64. The third kappa shape index (κ3) is 6.82. The number of Topliss-reactive ketones (excluding diaryl/α,β-unsaturated/α-hetero) is 1. The lowest BCUT2D eigenvalue weighted by Gasteiger charge is -2.38. The first kappa shape index (κ1) is 28.9. The number of pyridine rings is 1. The van der Waals surface area contributed by atoms with Crippen LogP contribution in [0.1, 0.15) is 68.0 Å². The lowest BCUT2D eigenvalue weighted by Crippen LogP contribution is -2.49. The number of aromatic nitrogens is 1. The van der Waals surface area contributed by atoms with Gasteiger partial charge in [0, 0.05) is 43.6 Å². The highest BCUT2D eigenvalue weighted by molar-refractivity contribution is 5.83. The van der Waals surface area contributed by atoms with Crippen molar-refractivity contribution in [1.29, 1.82) is 0 Å². The van der Waals surface area contributed by atoms with E-state index in [1.807, 2.05) is 6.92 Å². The van der Waals surface area contributed by atoms with Gasteiger partial charge in [-0.25, -0.2) is 9.37 Å². The summed E-state index contributed by atoms with van der Waals surface area (Å²) in [6.07, 6.45) is 5.75. The lowest BCUT2D eigenvalue weighted by molar-refractivity contribution is -0.204. The van der Waals surface area contributed by atoms with Crippen LogP contribution in [0, 0.1) is 5.82 Å². The van der Waals surface area contributed by atoms with Crippen molar-refractivity contribution in [2.75, 3.05) is 51.9 Å². The molecule has 2 atom stereocenters. The van der Waals surface area contributed by atoms with E-state index in [1.54, 1.807) is 20.1 Å². The van der Waals surface area contributed by atoms with Gasteiger partial charge in [-0.2, -0.15) is 0 Å². The summed E-state index contributed by atoms with van der Waals surface area (Å²) in [5, 5.41) is 3.40. The molecule has 0 radical (unpaired) electrons. The number of nitrogens with zero attached hydrogens (tertiary/aromatic N) is 2. The highest BCUT2D eigenvalue weighted by Crippen LogP contribution is 2.33. The standard InChI is InChI=1S/C31H42FN3O5/c1-21(36)29(27-15-23(32)10-9-22(27)18-40-31(2)19-38-20-31)35-13-11-25(17-35)39-14-5-4-7-24-16-28(37-3)26-8-6-12-33-30(26)34-24/h9-10,15-16,25,29H,4-8,11-14,17-20H2,1-3H3,(H,33,34)/t25-,29-/m1/s1. The lowest BCUT2D eigenvalue weighted by atomic mass is 9.96. The number of benzene rings is 1. The van der Waals surface area contributed by atoms with Crippen molar-refractivity contribution in [1.82, 2.24) is 9.88 Å². The molecular weight excluding hydrogens is 513 g/mol. The number of unbranched alkanes of at least 4 members (excludes halogenated alkanes) is 1. The van der Waals surface area contributed by atoms with Gasteiger partial charge in [-0.05, 0) is 75.6 Å². The Morgan fingerprint density at radius 3 is 2.90 bits per heavy atom. The Balaban J connectivity index is 1.12. The van der Waals surface area contributed by atoms with Crippen LogP contribution in [0.15, 0.2) is 24.3 Å². The van der Waals surface area contributed by atoms with Crippen LogP contribution < -0.4 is 10.1 Å². The molecule has 0 unspecified atom stereocenters. The monoisotopic (exact) mass is 555 g/mol. The molecular formula is C31H42FN3O5. The Labute approximate surface area is 236 Å². The average Bonchev–Trinajstić information content (AvgIpc) is 3.39. The number of hydrogen-bond acceptors (Lipinski definition) is 8. The predicted molar refractivity (Wildman–Crippen MR) is 150 cm³/mol. The highest BCUT2D eigenvalue weighted by atomic mass is 19.1. The van der Waals surface area contributed by atoms with Gasteiger partial charge in [-0.1, -0.05) is 6.07 Å². The van der Waals surface area contributed by atoms with E-state index in [9.17, 15) is 9.18 Å². The summed E-state index contributed by atoms with van der Waals surface area (Å²) in [6, 6.07) is 6.19. The zero-order valence-corrected chi connectivity index (χ0v) is 24.0. The number of hydrogen-bond donors (Lipinski definition) is 1. The molecule has 1 aromatic heterocycles. The number of carbonyl (C=O) groups excluding carboxylic acids is 1. The average molecular weight is 556 g/mol. The number of fused-ring (bicyclic) bond motifs is 1. The molecule has 8 nitrogen and oxygen atoms in total. The first-order valence-electron chi connectivity index (χ1n) is 14.5. The summed E-state index contributed by atoms with van der Waals surface area (Å²) in [4.78, 5) is 19.8. The molecule has 1 N–H and O–H groups in total. The van der Waals surface area contributed by atoms with Gasteiger partial charge in [-0.3, -0.25) is 9.69 Å². The van der Waals surface area contributed by atoms with Crippen LogP contribution in [-0.4, -0.2) is 73.9 Å². The number of methoxy groups -OCH3 is 1. The molecule has 3 aliphatic heterocycles. The van der Waals surface area contributed by atoms with Crippen molar-refractivity contribution in [3.05, 3.63) is 52.5 Å². The minimum atomic E-state index is -0.521. The first-order chi connectivity index (χ1) is 19.3. The third-order valence-corrected chi connectivity index (χ3v) is 8.15. The molecule has 5 rings (SSSR count). The molecule has 0 spiro atoms. The van der Waals surface area contributed by atoms with Crippen molar-refractivity contribution in [2.24, 2.45) is 0 Å². The van der Waals surface area contributed by atoms with E-state index in [4.69, 9.17) is 23.9 Å². The maximum Gasteiger partial charge on any atom is 0.151 e. The number of anilines is 1. The summed E-state index contributed by atoms with van der Waals surface area (Å²) in [7, 11) is 1.72. The van der Waals surface area contributed by atoms with Gasteiger partial charge in [-0.15, -0.1) is 0 Å². The maximum absolute atomic E-state index is 14.3. The number of carbonyl (C=O) groups is 1. The molecule has 9 heteroatoms. The molecule has 0 aliphatic carbocycles. The minimum Gasteiger partial charge on any atom is -0.496 e. The molecule has 2 fully saturated rings. The van der Waals surface area contributed by atoms with Crippen molar-refractivity contribution in [3.63, 3.8) is 0 Å². The van der Waals surface area contributed by atoms with Crippen molar-refractivity contribution in [3.8, 4) is 5.75 Å².